The van der Waals surface area contributed by atoms with Crippen molar-refractivity contribution in [2.45, 2.75) is 51.0 Å². The molecule has 0 atom stereocenters. The third kappa shape index (κ3) is 4.69. The van der Waals surface area contributed by atoms with E-state index in [1.807, 2.05) is 4.57 Å². The van der Waals surface area contributed by atoms with Crippen LogP contribution in [0.3, 0.4) is 0 Å². The van der Waals surface area contributed by atoms with E-state index in [2.05, 4.69) is 0 Å². The number of phenols is 1. The molecule has 1 aromatic heterocycles. The number of fused-ring (bicyclic) bond motifs is 1. The molecular weight excluding hydrogens is 449 g/mol. The van der Waals surface area contributed by atoms with Gasteiger partial charge >= 0.3 is 5.97 Å². The maximum absolute atomic E-state index is 13.9. The highest BCUT2D eigenvalue weighted by Crippen LogP contribution is 2.40. The van der Waals surface area contributed by atoms with E-state index in [0.29, 0.717) is 38.0 Å². The van der Waals surface area contributed by atoms with Crippen molar-refractivity contribution in [3.8, 4) is 16.9 Å². The Morgan fingerprint density at radius 2 is 1.66 bits per heavy atom. The summed E-state index contributed by atoms with van der Waals surface area (Å²) in [6, 6.07) is 11.2. The van der Waals surface area contributed by atoms with E-state index < -0.39 is 5.97 Å². The standard InChI is InChI=1S/C28H30FNO5/c29-21-7-5-18(6-8-21)25-23-10-9-22(31)15-24(23)27(32)30(26(25)19-11-13-35-14-12-19)16-17-1-3-20(4-2-17)28(33)34/h5-10,15,17,19-20,31H,1-4,11-14,16H2,(H,33,34). The second kappa shape index (κ2) is 9.82. The van der Waals surface area contributed by atoms with E-state index in [1.165, 1.54) is 18.2 Å². The van der Waals surface area contributed by atoms with Crippen molar-refractivity contribution >= 4 is 16.7 Å². The molecule has 3 aromatic rings. The zero-order valence-corrected chi connectivity index (χ0v) is 19.6. The number of rotatable bonds is 5. The summed E-state index contributed by atoms with van der Waals surface area (Å²) in [7, 11) is 0. The van der Waals surface area contributed by atoms with Crippen molar-refractivity contribution in [3.05, 3.63) is 64.3 Å². The van der Waals surface area contributed by atoms with Gasteiger partial charge in [0.05, 0.1) is 11.3 Å². The summed E-state index contributed by atoms with van der Waals surface area (Å²) in [6.45, 7) is 1.72. The molecular formula is C28H30FNO5. The van der Waals surface area contributed by atoms with Gasteiger partial charge in [-0.05, 0) is 85.7 Å². The van der Waals surface area contributed by atoms with Crippen molar-refractivity contribution in [2.24, 2.45) is 11.8 Å². The Hall–Kier alpha value is -3.19. The Bertz CT molecular complexity index is 1290. The number of halogens is 1. The van der Waals surface area contributed by atoms with E-state index in [-0.39, 0.29) is 34.9 Å². The third-order valence-electron chi connectivity index (χ3n) is 7.67. The molecule has 5 rings (SSSR count). The molecule has 1 saturated carbocycles. The van der Waals surface area contributed by atoms with Crippen molar-refractivity contribution in [1.82, 2.24) is 4.57 Å². The van der Waals surface area contributed by atoms with Crippen LogP contribution in [0.5, 0.6) is 5.75 Å². The summed E-state index contributed by atoms with van der Waals surface area (Å²) >= 11 is 0. The van der Waals surface area contributed by atoms with E-state index in [9.17, 15) is 24.2 Å². The molecule has 0 spiro atoms. The number of phenolic OH excluding ortho intramolecular Hbond substituents is 1. The maximum Gasteiger partial charge on any atom is 0.306 e. The lowest BCUT2D eigenvalue weighted by Gasteiger charge is -2.32. The molecule has 6 nitrogen and oxygen atoms in total. The quantitative estimate of drug-likeness (QED) is 0.519. The van der Waals surface area contributed by atoms with Crippen LogP contribution in [0.15, 0.2) is 47.3 Å². The number of pyridine rings is 1. The van der Waals surface area contributed by atoms with Gasteiger partial charge in [0.15, 0.2) is 0 Å². The monoisotopic (exact) mass is 479 g/mol. The van der Waals surface area contributed by atoms with Crippen molar-refractivity contribution in [2.75, 3.05) is 13.2 Å². The fourth-order valence-electron chi connectivity index (χ4n) is 5.80. The number of nitrogens with zero attached hydrogens (tertiary/aromatic N) is 1. The number of carboxylic acids is 1. The number of aliphatic carboxylic acids is 1. The van der Waals surface area contributed by atoms with Gasteiger partial charge in [-0.3, -0.25) is 9.59 Å². The summed E-state index contributed by atoms with van der Waals surface area (Å²) in [5.41, 5.74) is 2.50. The number of hydrogen-bond acceptors (Lipinski definition) is 4. The van der Waals surface area contributed by atoms with E-state index in [4.69, 9.17) is 4.74 Å². The van der Waals surface area contributed by atoms with Crippen LogP contribution < -0.4 is 5.56 Å². The van der Waals surface area contributed by atoms with Gasteiger partial charge in [-0.15, -0.1) is 0 Å². The van der Waals surface area contributed by atoms with Crippen LogP contribution in [-0.4, -0.2) is 34.0 Å². The van der Waals surface area contributed by atoms with Gasteiger partial charge in [-0.2, -0.15) is 0 Å². The lowest BCUT2D eigenvalue weighted by molar-refractivity contribution is -0.143. The first kappa shape index (κ1) is 23.5. The fourth-order valence-corrected chi connectivity index (χ4v) is 5.80. The molecule has 0 amide bonds. The number of ether oxygens (including phenoxy) is 1. The molecule has 1 aliphatic carbocycles. The Labute approximate surface area is 203 Å². The van der Waals surface area contributed by atoms with Crippen LogP contribution in [0, 0.1) is 17.7 Å². The highest BCUT2D eigenvalue weighted by Gasteiger charge is 2.30. The molecule has 2 aromatic carbocycles. The van der Waals surface area contributed by atoms with Gasteiger partial charge < -0.3 is 19.5 Å². The van der Waals surface area contributed by atoms with E-state index in [0.717, 1.165) is 47.9 Å². The molecule has 1 saturated heterocycles. The SMILES string of the molecule is O=C(O)C1CCC(Cn2c(C3CCOCC3)c(-c3ccc(F)cc3)c3ccc(O)cc3c2=O)CC1. The number of benzene rings is 2. The number of aromatic hydroxyl groups is 1. The summed E-state index contributed by atoms with van der Waals surface area (Å²) < 4.78 is 21.3. The predicted molar refractivity (Wildman–Crippen MR) is 131 cm³/mol. The molecule has 2 heterocycles. The average Bonchev–Trinajstić information content (AvgIpc) is 2.87. The Morgan fingerprint density at radius 1 is 0.971 bits per heavy atom. The molecule has 2 aliphatic rings. The van der Waals surface area contributed by atoms with Gasteiger partial charge in [-0.1, -0.05) is 12.1 Å². The Balaban J connectivity index is 1.70. The van der Waals surface area contributed by atoms with Crippen molar-refractivity contribution < 1.29 is 24.1 Å². The van der Waals surface area contributed by atoms with Crippen LogP contribution >= 0.6 is 0 Å². The first-order chi connectivity index (χ1) is 16.9. The maximum atomic E-state index is 13.9. The molecule has 0 unspecified atom stereocenters. The summed E-state index contributed by atoms with van der Waals surface area (Å²) in [5, 5.41) is 20.7. The summed E-state index contributed by atoms with van der Waals surface area (Å²) in [6.07, 6.45) is 4.29. The zero-order valence-electron chi connectivity index (χ0n) is 19.6. The Morgan fingerprint density at radius 3 is 2.31 bits per heavy atom. The van der Waals surface area contributed by atoms with Crippen LogP contribution in [0.25, 0.3) is 21.9 Å². The number of hydrogen-bond donors (Lipinski definition) is 2. The zero-order chi connectivity index (χ0) is 24.5. The van der Waals surface area contributed by atoms with Crippen molar-refractivity contribution in [1.29, 1.82) is 0 Å². The van der Waals surface area contributed by atoms with Gasteiger partial charge in [0.2, 0.25) is 0 Å². The number of carbonyl (C=O) groups is 1. The molecule has 0 radical (unpaired) electrons. The van der Waals surface area contributed by atoms with Gasteiger partial charge in [0, 0.05) is 36.9 Å². The molecule has 184 valence electrons. The van der Waals surface area contributed by atoms with Crippen LogP contribution in [-0.2, 0) is 16.1 Å². The topological polar surface area (TPSA) is 88.8 Å². The average molecular weight is 480 g/mol. The van der Waals surface area contributed by atoms with E-state index in [1.54, 1.807) is 24.3 Å². The van der Waals surface area contributed by atoms with Crippen molar-refractivity contribution in [3.63, 3.8) is 0 Å². The van der Waals surface area contributed by atoms with Gasteiger partial charge in [-0.25, -0.2) is 4.39 Å². The Kier molecular flexibility index (Phi) is 6.60. The van der Waals surface area contributed by atoms with Crippen LogP contribution in [0.2, 0.25) is 0 Å². The number of aromatic nitrogens is 1. The van der Waals surface area contributed by atoms with E-state index >= 15 is 0 Å². The minimum absolute atomic E-state index is 0.0204. The molecule has 1 aliphatic heterocycles. The molecule has 0 bridgehead atoms. The lowest BCUT2D eigenvalue weighted by atomic mass is 9.81. The van der Waals surface area contributed by atoms with Gasteiger partial charge in [0.1, 0.15) is 11.6 Å². The minimum atomic E-state index is -0.747. The van der Waals surface area contributed by atoms with Crippen LogP contribution in [0.1, 0.15) is 50.1 Å². The lowest BCUT2D eigenvalue weighted by Crippen LogP contribution is -2.32. The first-order valence-corrected chi connectivity index (χ1v) is 12.4. The van der Waals surface area contributed by atoms with Gasteiger partial charge in [0.25, 0.3) is 5.56 Å². The third-order valence-corrected chi connectivity index (χ3v) is 7.67. The first-order valence-electron chi connectivity index (χ1n) is 12.4. The molecule has 2 fully saturated rings. The minimum Gasteiger partial charge on any atom is -0.508 e. The second-order valence-corrected chi connectivity index (χ2v) is 9.86. The largest absolute Gasteiger partial charge is 0.508 e. The smallest absolute Gasteiger partial charge is 0.306 e. The van der Waals surface area contributed by atoms with Crippen LogP contribution in [0.4, 0.5) is 4.39 Å². The predicted octanol–water partition coefficient (Wildman–Crippen LogP) is 5.30. The highest BCUT2D eigenvalue weighted by atomic mass is 19.1. The number of carboxylic acid groups (broad SMARTS) is 1. The molecule has 2 N–H and O–H groups in total. The fraction of sp³-hybridized carbons (Fsp3) is 0.429. The second-order valence-electron chi connectivity index (χ2n) is 9.86. The normalized spacial score (nSPS) is 21.3. The summed E-state index contributed by atoms with van der Waals surface area (Å²) in [5.74, 6) is -1.08. The molecule has 7 heteroatoms. The molecule has 35 heavy (non-hydrogen) atoms. The summed E-state index contributed by atoms with van der Waals surface area (Å²) in [4.78, 5) is 25.3. The highest BCUT2D eigenvalue weighted by molar-refractivity contribution is 5.98.